The van der Waals surface area contributed by atoms with E-state index in [0.717, 1.165) is 27.5 Å². The van der Waals surface area contributed by atoms with Crippen molar-refractivity contribution >= 4 is 21.8 Å². The normalized spacial score (nSPS) is 10.9. The number of para-hydroxylation sites is 1. The number of phenolic OH excluding ortho intramolecular Hbond substituents is 1. The summed E-state index contributed by atoms with van der Waals surface area (Å²) in [7, 11) is 0. The molecule has 0 bridgehead atoms. The van der Waals surface area contributed by atoms with E-state index < -0.39 is 0 Å². The number of fused-ring (bicyclic) bond motifs is 3. The predicted molar refractivity (Wildman–Crippen MR) is 87.2 cm³/mol. The number of benzene rings is 3. The van der Waals surface area contributed by atoms with Crippen LogP contribution >= 0.6 is 0 Å². The van der Waals surface area contributed by atoms with Crippen LogP contribution in [-0.2, 0) is 0 Å². The maximum Gasteiger partial charge on any atom is 0.117 e. The smallest absolute Gasteiger partial charge is 0.117 e. The molecule has 104 valence electrons. The lowest BCUT2D eigenvalue weighted by molar-refractivity contribution is 0.475. The summed E-state index contributed by atoms with van der Waals surface area (Å²) in [6.07, 6.45) is 0. The first kappa shape index (κ1) is 12.5. The number of aromatic hydroxyl groups is 1. The molecule has 3 nitrogen and oxygen atoms in total. The lowest BCUT2D eigenvalue weighted by atomic mass is 10.1. The Balaban J connectivity index is 2.19. The molecule has 3 heteroatoms. The molecule has 1 heterocycles. The van der Waals surface area contributed by atoms with Gasteiger partial charge in [-0.2, -0.15) is 5.26 Å². The monoisotopic (exact) mass is 284 g/mol. The highest BCUT2D eigenvalue weighted by molar-refractivity contribution is 6.09. The Morgan fingerprint density at radius 1 is 0.818 bits per heavy atom. The zero-order valence-electron chi connectivity index (χ0n) is 11.7. The van der Waals surface area contributed by atoms with Gasteiger partial charge in [-0.1, -0.05) is 24.3 Å². The van der Waals surface area contributed by atoms with Crippen molar-refractivity contribution in [3.63, 3.8) is 0 Å². The van der Waals surface area contributed by atoms with Crippen LogP contribution in [-0.4, -0.2) is 9.67 Å². The van der Waals surface area contributed by atoms with E-state index >= 15 is 0 Å². The van der Waals surface area contributed by atoms with Gasteiger partial charge in [-0.15, -0.1) is 0 Å². The van der Waals surface area contributed by atoms with E-state index in [-0.39, 0.29) is 5.75 Å². The van der Waals surface area contributed by atoms with Gasteiger partial charge in [-0.05, 0) is 36.4 Å². The van der Waals surface area contributed by atoms with E-state index in [0.29, 0.717) is 5.56 Å². The van der Waals surface area contributed by atoms with E-state index in [1.54, 1.807) is 12.1 Å². The third kappa shape index (κ3) is 1.75. The first-order valence-electron chi connectivity index (χ1n) is 7.00. The van der Waals surface area contributed by atoms with Crippen LogP contribution in [0, 0.1) is 11.3 Å². The minimum Gasteiger partial charge on any atom is -0.508 e. The zero-order valence-corrected chi connectivity index (χ0v) is 11.7. The largest absolute Gasteiger partial charge is 0.508 e. The lowest BCUT2D eigenvalue weighted by Crippen LogP contribution is -1.93. The van der Waals surface area contributed by atoms with Crippen molar-refractivity contribution in [1.29, 1.82) is 5.26 Å². The van der Waals surface area contributed by atoms with E-state index in [9.17, 15) is 5.11 Å². The van der Waals surface area contributed by atoms with Crippen molar-refractivity contribution in [2.45, 2.75) is 0 Å². The van der Waals surface area contributed by atoms with Crippen molar-refractivity contribution in [2.24, 2.45) is 0 Å². The molecule has 4 rings (SSSR count). The molecule has 0 amide bonds. The van der Waals surface area contributed by atoms with Gasteiger partial charge in [0.2, 0.25) is 0 Å². The van der Waals surface area contributed by atoms with Crippen LogP contribution < -0.4 is 0 Å². The summed E-state index contributed by atoms with van der Waals surface area (Å²) in [6, 6.07) is 23.2. The molecule has 1 N–H and O–H groups in total. The summed E-state index contributed by atoms with van der Waals surface area (Å²) >= 11 is 0. The van der Waals surface area contributed by atoms with Crippen LogP contribution in [0.1, 0.15) is 5.56 Å². The molecule has 0 saturated carbocycles. The zero-order chi connectivity index (χ0) is 15.1. The molecule has 0 aliphatic carbocycles. The summed E-state index contributed by atoms with van der Waals surface area (Å²) in [5, 5.41) is 21.1. The first-order valence-corrected chi connectivity index (χ1v) is 7.00. The minimum atomic E-state index is 0.233. The second-order valence-electron chi connectivity index (χ2n) is 5.22. The maximum absolute atomic E-state index is 9.78. The van der Waals surface area contributed by atoms with Crippen LogP contribution in [0.5, 0.6) is 5.75 Å². The van der Waals surface area contributed by atoms with Gasteiger partial charge in [-0.3, -0.25) is 0 Å². The molecule has 22 heavy (non-hydrogen) atoms. The third-order valence-electron chi connectivity index (χ3n) is 3.89. The van der Waals surface area contributed by atoms with Gasteiger partial charge in [0.25, 0.3) is 0 Å². The number of nitriles is 1. The molecule has 0 atom stereocenters. The minimum absolute atomic E-state index is 0.233. The summed E-state index contributed by atoms with van der Waals surface area (Å²) in [6.45, 7) is 0. The summed E-state index contributed by atoms with van der Waals surface area (Å²) in [4.78, 5) is 0. The summed E-state index contributed by atoms with van der Waals surface area (Å²) in [5.74, 6) is 0.233. The summed E-state index contributed by atoms with van der Waals surface area (Å²) in [5.41, 5.74) is 3.62. The SMILES string of the molecule is N#Cc1ccc2c(c1)c1ccccc1n2-c1cccc(O)c1. The van der Waals surface area contributed by atoms with Crippen LogP contribution in [0.4, 0.5) is 0 Å². The quantitative estimate of drug-likeness (QED) is 0.564. The standard InChI is InChI=1S/C19H12N2O/c20-12-13-8-9-19-17(10-13)16-6-1-2-7-18(16)21(19)14-4-3-5-15(22)11-14/h1-11,22H. The topological polar surface area (TPSA) is 49.0 Å². The van der Waals surface area contributed by atoms with Crippen LogP contribution in [0.3, 0.4) is 0 Å². The third-order valence-corrected chi connectivity index (χ3v) is 3.89. The van der Waals surface area contributed by atoms with E-state index in [4.69, 9.17) is 5.26 Å². The van der Waals surface area contributed by atoms with E-state index in [1.807, 2.05) is 48.5 Å². The summed E-state index contributed by atoms with van der Waals surface area (Å²) < 4.78 is 2.10. The van der Waals surface area contributed by atoms with Gasteiger partial charge in [0.1, 0.15) is 5.75 Å². The Morgan fingerprint density at radius 3 is 2.45 bits per heavy atom. The number of hydrogen-bond acceptors (Lipinski definition) is 2. The second-order valence-corrected chi connectivity index (χ2v) is 5.22. The fourth-order valence-electron chi connectivity index (χ4n) is 2.95. The number of aromatic nitrogens is 1. The Hall–Kier alpha value is -3.25. The van der Waals surface area contributed by atoms with Crippen molar-refractivity contribution in [2.75, 3.05) is 0 Å². The number of phenols is 1. The molecule has 1 aromatic heterocycles. The predicted octanol–water partition coefficient (Wildman–Crippen LogP) is 4.36. The molecule has 3 aromatic carbocycles. The van der Waals surface area contributed by atoms with Gasteiger partial charge in [0.15, 0.2) is 0 Å². The second kappa shape index (κ2) is 4.64. The highest BCUT2D eigenvalue weighted by Crippen LogP contribution is 2.33. The van der Waals surface area contributed by atoms with Crippen LogP contribution in [0.15, 0.2) is 66.7 Å². The van der Waals surface area contributed by atoms with Gasteiger partial charge in [0.05, 0.1) is 22.7 Å². The molecule has 0 saturated heterocycles. The Bertz CT molecular complexity index is 1050. The van der Waals surface area contributed by atoms with Gasteiger partial charge < -0.3 is 9.67 Å². The first-order chi connectivity index (χ1) is 10.8. The Labute approximate surface area is 127 Å². The van der Waals surface area contributed by atoms with Gasteiger partial charge in [0, 0.05) is 22.5 Å². The van der Waals surface area contributed by atoms with Gasteiger partial charge in [-0.25, -0.2) is 0 Å². The molecule has 0 aliphatic heterocycles. The average Bonchev–Trinajstić information content (AvgIpc) is 2.88. The van der Waals surface area contributed by atoms with Crippen molar-refractivity contribution in [3.8, 4) is 17.5 Å². The molecule has 0 unspecified atom stereocenters. The lowest BCUT2D eigenvalue weighted by Gasteiger charge is -2.08. The van der Waals surface area contributed by atoms with Crippen LogP contribution in [0.25, 0.3) is 27.5 Å². The number of nitrogens with zero attached hydrogens (tertiary/aromatic N) is 2. The van der Waals surface area contributed by atoms with E-state index in [1.165, 1.54) is 0 Å². The van der Waals surface area contributed by atoms with Crippen molar-refractivity contribution in [3.05, 3.63) is 72.3 Å². The molecule has 0 spiro atoms. The Kier molecular flexibility index (Phi) is 2.64. The van der Waals surface area contributed by atoms with Gasteiger partial charge >= 0.3 is 0 Å². The molecular formula is C19H12N2O. The molecule has 0 radical (unpaired) electrons. The Morgan fingerprint density at radius 2 is 1.64 bits per heavy atom. The molecule has 0 aliphatic rings. The van der Waals surface area contributed by atoms with Crippen LogP contribution in [0.2, 0.25) is 0 Å². The fraction of sp³-hybridized carbons (Fsp3) is 0. The molecule has 0 fully saturated rings. The van der Waals surface area contributed by atoms with E-state index in [2.05, 4.69) is 16.7 Å². The average molecular weight is 284 g/mol. The van der Waals surface area contributed by atoms with Crippen molar-refractivity contribution in [1.82, 2.24) is 4.57 Å². The highest BCUT2D eigenvalue weighted by Gasteiger charge is 2.12. The van der Waals surface area contributed by atoms with Crippen molar-refractivity contribution < 1.29 is 5.11 Å². The number of rotatable bonds is 1. The number of hydrogen-bond donors (Lipinski definition) is 1. The maximum atomic E-state index is 9.78. The molecular weight excluding hydrogens is 272 g/mol. The fourth-order valence-corrected chi connectivity index (χ4v) is 2.95. The molecule has 4 aromatic rings. The highest BCUT2D eigenvalue weighted by atomic mass is 16.3.